The third-order valence-corrected chi connectivity index (χ3v) is 4.83. The van der Waals surface area contributed by atoms with Crippen molar-refractivity contribution in [3.63, 3.8) is 0 Å². The predicted molar refractivity (Wildman–Crippen MR) is 83.5 cm³/mol. The van der Waals surface area contributed by atoms with E-state index in [4.69, 9.17) is 0 Å². The summed E-state index contributed by atoms with van der Waals surface area (Å²) in [6.07, 6.45) is 4.11. The Bertz CT molecular complexity index is 388. The topological polar surface area (TPSA) is 3.24 Å². The Morgan fingerprint density at radius 3 is 2.32 bits per heavy atom. The first kappa shape index (κ1) is 14.6. The third-order valence-electron chi connectivity index (χ3n) is 4.83. The van der Waals surface area contributed by atoms with Crippen LogP contribution in [-0.4, -0.2) is 18.0 Å². The molecule has 1 aliphatic rings. The zero-order valence-electron chi connectivity index (χ0n) is 13.0. The van der Waals surface area contributed by atoms with E-state index >= 15 is 0 Å². The van der Waals surface area contributed by atoms with Crippen LogP contribution in [0.25, 0.3) is 0 Å². The van der Waals surface area contributed by atoms with Gasteiger partial charge in [-0.3, -0.25) is 4.90 Å². The predicted octanol–water partition coefficient (Wildman–Crippen LogP) is 4.99. The molecular formula is C18H29N. The summed E-state index contributed by atoms with van der Waals surface area (Å²) in [4.78, 5) is 2.66. The zero-order chi connectivity index (χ0) is 13.8. The molecule has 106 valence electrons. The maximum Gasteiger partial charge on any atom is 0.0319 e. The lowest BCUT2D eigenvalue weighted by atomic mass is 9.92. The number of hydrogen-bond acceptors (Lipinski definition) is 1. The largest absolute Gasteiger partial charge is 0.297 e. The van der Waals surface area contributed by atoms with E-state index in [1.165, 1.54) is 43.5 Å². The second-order valence-corrected chi connectivity index (χ2v) is 6.39. The normalized spacial score (nSPS) is 19.8. The van der Waals surface area contributed by atoms with Crippen molar-refractivity contribution in [2.75, 3.05) is 13.1 Å². The minimum atomic E-state index is 0.566. The van der Waals surface area contributed by atoms with Crippen molar-refractivity contribution in [1.29, 1.82) is 0 Å². The lowest BCUT2D eigenvalue weighted by molar-refractivity contribution is 0.139. The van der Waals surface area contributed by atoms with Crippen LogP contribution in [0.4, 0.5) is 0 Å². The number of benzene rings is 1. The van der Waals surface area contributed by atoms with E-state index in [1.807, 2.05) is 0 Å². The van der Waals surface area contributed by atoms with Crippen LogP contribution in [0, 0.1) is 5.92 Å². The summed E-state index contributed by atoms with van der Waals surface area (Å²) in [7, 11) is 0. The Balaban J connectivity index is 2.03. The SMILES string of the molecule is CCC1CCN(C(C)c2cccc(C(C)C)c2)CC1. The molecule has 0 amide bonds. The van der Waals surface area contributed by atoms with Crippen LogP contribution in [0.1, 0.15) is 70.0 Å². The van der Waals surface area contributed by atoms with Gasteiger partial charge in [0.15, 0.2) is 0 Å². The molecule has 0 radical (unpaired) electrons. The standard InChI is InChI=1S/C18H29N/c1-5-16-9-11-19(12-10-16)15(4)18-8-6-7-17(13-18)14(2)3/h6-8,13-16H,5,9-12H2,1-4H3. The van der Waals surface area contributed by atoms with E-state index in [9.17, 15) is 0 Å². The Morgan fingerprint density at radius 1 is 1.11 bits per heavy atom. The zero-order valence-corrected chi connectivity index (χ0v) is 13.0. The first-order valence-electron chi connectivity index (χ1n) is 7.95. The molecule has 2 rings (SSSR count). The molecule has 1 fully saturated rings. The van der Waals surface area contributed by atoms with Gasteiger partial charge < -0.3 is 0 Å². The number of piperidine rings is 1. The fraction of sp³-hybridized carbons (Fsp3) is 0.667. The molecule has 1 heterocycles. The Kier molecular flexibility index (Phi) is 5.04. The number of rotatable bonds is 4. The van der Waals surface area contributed by atoms with Crippen molar-refractivity contribution in [2.24, 2.45) is 5.92 Å². The van der Waals surface area contributed by atoms with Crippen LogP contribution >= 0.6 is 0 Å². The van der Waals surface area contributed by atoms with Crippen LogP contribution in [0.15, 0.2) is 24.3 Å². The number of likely N-dealkylation sites (tertiary alicyclic amines) is 1. The van der Waals surface area contributed by atoms with Gasteiger partial charge in [-0.05, 0) is 55.8 Å². The number of hydrogen-bond donors (Lipinski definition) is 0. The second-order valence-electron chi connectivity index (χ2n) is 6.39. The molecule has 0 saturated carbocycles. The van der Waals surface area contributed by atoms with Gasteiger partial charge in [0, 0.05) is 6.04 Å². The van der Waals surface area contributed by atoms with Gasteiger partial charge in [-0.15, -0.1) is 0 Å². The van der Waals surface area contributed by atoms with E-state index in [0.29, 0.717) is 12.0 Å². The van der Waals surface area contributed by atoms with Crippen LogP contribution in [-0.2, 0) is 0 Å². The van der Waals surface area contributed by atoms with E-state index in [2.05, 4.69) is 56.9 Å². The average molecular weight is 259 g/mol. The van der Waals surface area contributed by atoms with Gasteiger partial charge in [-0.25, -0.2) is 0 Å². The summed E-state index contributed by atoms with van der Waals surface area (Å²) in [6, 6.07) is 9.74. The highest BCUT2D eigenvalue weighted by molar-refractivity contribution is 5.27. The molecule has 1 aliphatic heterocycles. The van der Waals surface area contributed by atoms with Crippen molar-refractivity contribution in [3.05, 3.63) is 35.4 Å². The van der Waals surface area contributed by atoms with Crippen LogP contribution in [0.2, 0.25) is 0 Å². The van der Waals surface area contributed by atoms with E-state index in [1.54, 1.807) is 0 Å². The summed E-state index contributed by atoms with van der Waals surface area (Å²) in [6.45, 7) is 11.8. The molecule has 0 aliphatic carbocycles. The summed E-state index contributed by atoms with van der Waals surface area (Å²) in [5.74, 6) is 1.59. The minimum Gasteiger partial charge on any atom is -0.297 e. The van der Waals surface area contributed by atoms with Gasteiger partial charge in [0.1, 0.15) is 0 Å². The van der Waals surface area contributed by atoms with E-state index < -0.39 is 0 Å². The van der Waals surface area contributed by atoms with Gasteiger partial charge in [0.2, 0.25) is 0 Å². The fourth-order valence-corrected chi connectivity index (χ4v) is 3.14. The molecule has 1 saturated heterocycles. The van der Waals surface area contributed by atoms with Crippen molar-refractivity contribution in [2.45, 2.75) is 58.9 Å². The van der Waals surface area contributed by atoms with Gasteiger partial charge in [-0.1, -0.05) is 51.5 Å². The van der Waals surface area contributed by atoms with Crippen molar-refractivity contribution < 1.29 is 0 Å². The van der Waals surface area contributed by atoms with Gasteiger partial charge >= 0.3 is 0 Å². The summed E-state index contributed by atoms with van der Waals surface area (Å²) < 4.78 is 0. The molecular weight excluding hydrogens is 230 g/mol. The quantitative estimate of drug-likeness (QED) is 0.736. The smallest absolute Gasteiger partial charge is 0.0319 e. The first-order valence-corrected chi connectivity index (χ1v) is 7.95. The van der Waals surface area contributed by atoms with Gasteiger partial charge in [-0.2, -0.15) is 0 Å². The first-order chi connectivity index (χ1) is 9.11. The fourth-order valence-electron chi connectivity index (χ4n) is 3.14. The lowest BCUT2D eigenvalue weighted by Crippen LogP contribution is -2.35. The summed E-state index contributed by atoms with van der Waals surface area (Å²) in [5.41, 5.74) is 2.95. The summed E-state index contributed by atoms with van der Waals surface area (Å²) in [5, 5.41) is 0. The molecule has 0 spiro atoms. The van der Waals surface area contributed by atoms with E-state index in [-0.39, 0.29) is 0 Å². The molecule has 0 bridgehead atoms. The average Bonchev–Trinajstić information content (AvgIpc) is 2.46. The van der Waals surface area contributed by atoms with Crippen molar-refractivity contribution >= 4 is 0 Å². The monoisotopic (exact) mass is 259 g/mol. The van der Waals surface area contributed by atoms with Crippen LogP contribution in [0.5, 0.6) is 0 Å². The van der Waals surface area contributed by atoms with Gasteiger partial charge in [0.25, 0.3) is 0 Å². The molecule has 1 nitrogen and oxygen atoms in total. The highest BCUT2D eigenvalue weighted by Gasteiger charge is 2.22. The van der Waals surface area contributed by atoms with Crippen molar-refractivity contribution in [3.8, 4) is 0 Å². The highest BCUT2D eigenvalue weighted by Crippen LogP contribution is 2.29. The van der Waals surface area contributed by atoms with Crippen molar-refractivity contribution in [1.82, 2.24) is 4.90 Å². The molecule has 1 unspecified atom stereocenters. The van der Waals surface area contributed by atoms with Gasteiger partial charge in [0.05, 0.1) is 0 Å². The Morgan fingerprint density at radius 2 is 1.74 bits per heavy atom. The minimum absolute atomic E-state index is 0.566. The number of nitrogens with zero attached hydrogens (tertiary/aromatic N) is 1. The molecule has 1 atom stereocenters. The molecule has 1 aromatic carbocycles. The van der Waals surface area contributed by atoms with Crippen LogP contribution in [0.3, 0.4) is 0 Å². The maximum atomic E-state index is 2.66. The van der Waals surface area contributed by atoms with E-state index in [0.717, 1.165) is 5.92 Å². The molecule has 0 N–H and O–H groups in total. The molecule has 1 heteroatoms. The van der Waals surface area contributed by atoms with Crippen LogP contribution < -0.4 is 0 Å². The molecule has 19 heavy (non-hydrogen) atoms. The second kappa shape index (κ2) is 6.56. The Hall–Kier alpha value is -0.820. The third kappa shape index (κ3) is 3.60. The lowest BCUT2D eigenvalue weighted by Gasteiger charge is -2.36. The maximum absolute atomic E-state index is 2.66. The highest BCUT2D eigenvalue weighted by atomic mass is 15.2. The Labute approximate surface area is 119 Å². The molecule has 0 aromatic heterocycles. The molecule has 1 aromatic rings. The summed E-state index contributed by atoms with van der Waals surface area (Å²) >= 11 is 0.